The summed E-state index contributed by atoms with van der Waals surface area (Å²) in [7, 11) is 3.51. The average Bonchev–Trinajstić information content (AvgIpc) is 2.46. The summed E-state index contributed by atoms with van der Waals surface area (Å²) in [5.74, 6) is 0.886. The highest BCUT2D eigenvalue weighted by molar-refractivity contribution is 5.46. The van der Waals surface area contributed by atoms with Crippen molar-refractivity contribution in [3.8, 4) is 5.75 Å². The summed E-state index contributed by atoms with van der Waals surface area (Å²) in [5.41, 5.74) is 9.88. The molecule has 112 valence electrons. The molecular weight excluding hydrogens is 250 g/mol. The Morgan fingerprint density at radius 3 is 2.30 bits per heavy atom. The predicted molar refractivity (Wildman–Crippen MR) is 82.2 cm³/mol. The van der Waals surface area contributed by atoms with Crippen LogP contribution in [0.1, 0.15) is 54.8 Å². The number of hydrogen-bond donors (Lipinski definition) is 1. The third-order valence-electron chi connectivity index (χ3n) is 4.70. The molecule has 1 aromatic rings. The molecule has 0 saturated heterocycles. The molecule has 0 heterocycles. The number of benzene rings is 1. The van der Waals surface area contributed by atoms with Gasteiger partial charge in [-0.2, -0.15) is 0 Å². The molecule has 1 aliphatic rings. The van der Waals surface area contributed by atoms with Crippen molar-refractivity contribution in [1.29, 1.82) is 0 Å². The Morgan fingerprint density at radius 1 is 1.10 bits per heavy atom. The third kappa shape index (κ3) is 2.70. The second-order valence-corrected chi connectivity index (χ2v) is 6.00. The molecule has 0 amide bonds. The quantitative estimate of drug-likeness (QED) is 0.913. The van der Waals surface area contributed by atoms with Crippen LogP contribution in [0.2, 0.25) is 0 Å². The van der Waals surface area contributed by atoms with Gasteiger partial charge < -0.3 is 15.2 Å². The van der Waals surface area contributed by atoms with E-state index in [1.165, 1.54) is 30.4 Å². The summed E-state index contributed by atoms with van der Waals surface area (Å²) < 4.78 is 11.5. The molecule has 1 fully saturated rings. The third-order valence-corrected chi connectivity index (χ3v) is 4.70. The maximum Gasteiger partial charge on any atom is 0.124 e. The zero-order valence-electron chi connectivity index (χ0n) is 13.2. The first kappa shape index (κ1) is 15.3. The minimum absolute atomic E-state index is 0.136. The van der Waals surface area contributed by atoms with Crippen LogP contribution in [0.15, 0.2) is 12.1 Å². The van der Waals surface area contributed by atoms with Crippen molar-refractivity contribution < 1.29 is 9.47 Å². The van der Waals surface area contributed by atoms with Crippen molar-refractivity contribution in [3.05, 3.63) is 28.8 Å². The van der Waals surface area contributed by atoms with E-state index in [0.29, 0.717) is 0 Å². The Balaban J connectivity index is 2.43. The van der Waals surface area contributed by atoms with Crippen LogP contribution in [-0.2, 0) is 4.74 Å². The SMILES string of the molecule is COc1cc(C)cc(C)c1C(N)C1(OC)CCCCC1. The highest BCUT2D eigenvalue weighted by Crippen LogP contribution is 2.43. The highest BCUT2D eigenvalue weighted by atomic mass is 16.5. The van der Waals surface area contributed by atoms with E-state index in [1.54, 1.807) is 14.2 Å². The van der Waals surface area contributed by atoms with Crippen LogP contribution < -0.4 is 10.5 Å². The van der Waals surface area contributed by atoms with Crippen molar-refractivity contribution in [2.45, 2.75) is 57.6 Å². The van der Waals surface area contributed by atoms with Gasteiger partial charge in [-0.3, -0.25) is 0 Å². The van der Waals surface area contributed by atoms with E-state index in [-0.39, 0.29) is 11.6 Å². The number of ether oxygens (including phenoxy) is 2. The minimum atomic E-state index is -0.244. The molecule has 0 aromatic heterocycles. The van der Waals surface area contributed by atoms with E-state index in [2.05, 4.69) is 26.0 Å². The zero-order valence-corrected chi connectivity index (χ0v) is 13.2. The van der Waals surface area contributed by atoms with Crippen LogP contribution in [-0.4, -0.2) is 19.8 Å². The van der Waals surface area contributed by atoms with E-state index >= 15 is 0 Å². The molecular formula is C17H27NO2. The average molecular weight is 277 g/mol. The molecule has 3 nitrogen and oxygen atoms in total. The van der Waals surface area contributed by atoms with Gasteiger partial charge in [-0.15, -0.1) is 0 Å². The highest BCUT2D eigenvalue weighted by Gasteiger charge is 2.40. The summed E-state index contributed by atoms with van der Waals surface area (Å²) in [6.45, 7) is 4.19. The first-order valence-electron chi connectivity index (χ1n) is 7.50. The predicted octanol–water partition coefficient (Wildman–Crippen LogP) is 3.66. The topological polar surface area (TPSA) is 44.5 Å². The summed E-state index contributed by atoms with van der Waals surface area (Å²) >= 11 is 0. The molecule has 20 heavy (non-hydrogen) atoms. The first-order valence-corrected chi connectivity index (χ1v) is 7.50. The molecule has 1 saturated carbocycles. The van der Waals surface area contributed by atoms with E-state index in [0.717, 1.165) is 24.2 Å². The van der Waals surface area contributed by atoms with Crippen LogP contribution in [0.25, 0.3) is 0 Å². The lowest BCUT2D eigenvalue weighted by Crippen LogP contribution is -2.45. The van der Waals surface area contributed by atoms with E-state index < -0.39 is 0 Å². The van der Waals surface area contributed by atoms with Gasteiger partial charge in [0.2, 0.25) is 0 Å². The molecule has 2 rings (SSSR count). The van der Waals surface area contributed by atoms with Crippen LogP contribution in [0, 0.1) is 13.8 Å². The molecule has 0 bridgehead atoms. The molecule has 3 heteroatoms. The summed E-state index contributed by atoms with van der Waals surface area (Å²) in [4.78, 5) is 0. The molecule has 1 atom stereocenters. The van der Waals surface area contributed by atoms with E-state index in [9.17, 15) is 0 Å². The van der Waals surface area contributed by atoms with E-state index in [4.69, 9.17) is 15.2 Å². The van der Waals surface area contributed by atoms with Gasteiger partial charge in [0.05, 0.1) is 18.8 Å². The fourth-order valence-corrected chi connectivity index (χ4v) is 3.56. The Kier molecular flexibility index (Phi) is 4.71. The smallest absolute Gasteiger partial charge is 0.124 e. The van der Waals surface area contributed by atoms with Crippen molar-refractivity contribution >= 4 is 0 Å². The van der Waals surface area contributed by atoms with Gasteiger partial charge in [0.15, 0.2) is 0 Å². The monoisotopic (exact) mass is 277 g/mol. The molecule has 0 radical (unpaired) electrons. The second kappa shape index (κ2) is 6.15. The normalized spacial score (nSPS) is 19.6. The van der Waals surface area contributed by atoms with Gasteiger partial charge in [0.25, 0.3) is 0 Å². The fraction of sp³-hybridized carbons (Fsp3) is 0.647. The van der Waals surface area contributed by atoms with Crippen LogP contribution in [0.4, 0.5) is 0 Å². The Labute approximate surface area is 122 Å². The Hall–Kier alpha value is -1.06. The Morgan fingerprint density at radius 2 is 1.75 bits per heavy atom. The molecule has 0 spiro atoms. The molecule has 1 aliphatic carbocycles. The second-order valence-electron chi connectivity index (χ2n) is 6.00. The first-order chi connectivity index (χ1) is 9.54. The molecule has 1 aromatic carbocycles. The summed E-state index contributed by atoms with van der Waals surface area (Å²) in [5, 5.41) is 0. The van der Waals surface area contributed by atoms with Crippen molar-refractivity contribution in [2.24, 2.45) is 5.73 Å². The summed E-state index contributed by atoms with van der Waals surface area (Å²) in [6, 6.07) is 4.10. The lowest BCUT2D eigenvalue weighted by molar-refractivity contribution is -0.0600. The van der Waals surface area contributed by atoms with Gasteiger partial charge in [-0.1, -0.05) is 25.3 Å². The van der Waals surface area contributed by atoms with Crippen molar-refractivity contribution in [3.63, 3.8) is 0 Å². The van der Waals surface area contributed by atoms with Crippen LogP contribution in [0.5, 0.6) is 5.75 Å². The zero-order chi connectivity index (χ0) is 14.8. The molecule has 2 N–H and O–H groups in total. The summed E-state index contributed by atoms with van der Waals surface area (Å²) in [6.07, 6.45) is 5.72. The van der Waals surface area contributed by atoms with Gasteiger partial charge in [-0.25, -0.2) is 0 Å². The molecule has 0 aliphatic heterocycles. The minimum Gasteiger partial charge on any atom is -0.496 e. The van der Waals surface area contributed by atoms with Crippen LogP contribution in [0.3, 0.4) is 0 Å². The molecule has 1 unspecified atom stereocenters. The van der Waals surface area contributed by atoms with E-state index in [1.807, 2.05) is 0 Å². The number of rotatable bonds is 4. The fourth-order valence-electron chi connectivity index (χ4n) is 3.56. The number of methoxy groups -OCH3 is 2. The van der Waals surface area contributed by atoms with Crippen molar-refractivity contribution in [2.75, 3.05) is 14.2 Å². The Bertz CT molecular complexity index is 464. The van der Waals surface area contributed by atoms with Gasteiger partial charge in [0, 0.05) is 12.7 Å². The lowest BCUT2D eigenvalue weighted by Gasteiger charge is -2.41. The largest absolute Gasteiger partial charge is 0.496 e. The van der Waals surface area contributed by atoms with Gasteiger partial charge in [-0.05, 0) is 43.9 Å². The van der Waals surface area contributed by atoms with Crippen molar-refractivity contribution in [1.82, 2.24) is 0 Å². The maximum atomic E-state index is 6.64. The van der Waals surface area contributed by atoms with Gasteiger partial charge in [0.1, 0.15) is 5.75 Å². The van der Waals surface area contributed by atoms with Gasteiger partial charge >= 0.3 is 0 Å². The standard InChI is InChI=1S/C17H27NO2/c1-12-10-13(2)15(14(11-12)19-3)16(18)17(20-4)8-6-5-7-9-17/h10-11,16H,5-9,18H2,1-4H3. The number of aryl methyl sites for hydroxylation is 2. The maximum absolute atomic E-state index is 6.64. The number of nitrogens with two attached hydrogens (primary N) is 1. The number of hydrogen-bond acceptors (Lipinski definition) is 3. The lowest BCUT2D eigenvalue weighted by atomic mass is 9.76. The van der Waals surface area contributed by atoms with Crippen LogP contribution >= 0.6 is 0 Å².